The molecule has 0 saturated carbocycles. The summed E-state index contributed by atoms with van der Waals surface area (Å²) < 4.78 is 27.2. The Kier molecular flexibility index (Phi) is 5.20. The predicted molar refractivity (Wildman–Crippen MR) is 115 cm³/mol. The summed E-state index contributed by atoms with van der Waals surface area (Å²) in [5.74, 6) is 0. The van der Waals surface area contributed by atoms with E-state index in [-0.39, 0.29) is 22.2 Å². The van der Waals surface area contributed by atoms with E-state index in [1.807, 2.05) is 6.92 Å². The van der Waals surface area contributed by atoms with Gasteiger partial charge in [0, 0.05) is 22.2 Å². The number of rotatable bonds is 5. The van der Waals surface area contributed by atoms with Crippen molar-refractivity contribution in [1.29, 1.82) is 0 Å². The molecule has 2 heterocycles. The summed E-state index contributed by atoms with van der Waals surface area (Å²) in [5.41, 5.74) is 1.90. The lowest BCUT2D eigenvalue weighted by atomic mass is 9.97. The first-order valence-corrected chi connectivity index (χ1v) is 12.7. The Morgan fingerprint density at radius 3 is 2.68 bits per heavy atom. The number of hydrogen-bond acceptors (Lipinski definition) is 6. The van der Waals surface area contributed by atoms with Crippen molar-refractivity contribution in [3.05, 3.63) is 63.3 Å². The van der Waals surface area contributed by atoms with Crippen molar-refractivity contribution < 1.29 is 8.42 Å². The molecule has 0 bridgehead atoms. The van der Waals surface area contributed by atoms with Crippen molar-refractivity contribution in [3.8, 4) is 0 Å². The second kappa shape index (κ2) is 7.50. The van der Waals surface area contributed by atoms with Crippen LogP contribution in [0.5, 0.6) is 0 Å². The van der Waals surface area contributed by atoms with E-state index in [9.17, 15) is 13.2 Å². The van der Waals surface area contributed by atoms with Crippen molar-refractivity contribution >= 4 is 41.2 Å². The first kappa shape index (κ1) is 19.4. The lowest BCUT2D eigenvalue weighted by Crippen LogP contribution is -2.23. The molecule has 0 saturated heterocycles. The number of benzene rings is 1. The lowest BCUT2D eigenvalue weighted by Gasteiger charge is -2.12. The average molecular weight is 433 g/mol. The van der Waals surface area contributed by atoms with Crippen LogP contribution < -0.4 is 5.56 Å². The highest BCUT2D eigenvalue weighted by atomic mass is 33.1. The highest BCUT2D eigenvalue weighted by molar-refractivity contribution is 8.72. The van der Waals surface area contributed by atoms with Crippen LogP contribution in [0.1, 0.15) is 28.8 Å². The van der Waals surface area contributed by atoms with Crippen LogP contribution in [0.25, 0.3) is 10.2 Å². The zero-order valence-electron chi connectivity index (χ0n) is 15.5. The topological polar surface area (TPSA) is 69.0 Å². The molecule has 0 atom stereocenters. The van der Waals surface area contributed by atoms with Crippen LogP contribution in [-0.4, -0.2) is 18.0 Å². The molecule has 0 spiro atoms. The smallest absolute Gasteiger partial charge is 0.263 e. The van der Waals surface area contributed by atoms with Gasteiger partial charge in [-0.3, -0.25) is 9.36 Å². The maximum absolute atomic E-state index is 13.2. The van der Waals surface area contributed by atoms with Crippen LogP contribution in [0.4, 0.5) is 0 Å². The number of thiophene rings is 1. The van der Waals surface area contributed by atoms with Crippen LogP contribution in [0.2, 0.25) is 0 Å². The number of aryl methyl sites for hydroxylation is 3. The fraction of sp³-hybridized carbons (Fsp3) is 0.300. The molecule has 1 aliphatic rings. The minimum atomic E-state index is -3.69. The molecule has 1 aliphatic carbocycles. The van der Waals surface area contributed by atoms with Crippen LogP contribution in [0, 0.1) is 6.92 Å². The van der Waals surface area contributed by atoms with Gasteiger partial charge in [0.1, 0.15) is 4.83 Å². The zero-order valence-corrected chi connectivity index (χ0v) is 17.9. The Morgan fingerprint density at radius 1 is 1.25 bits per heavy atom. The van der Waals surface area contributed by atoms with Gasteiger partial charge in [-0.2, -0.15) is 0 Å². The van der Waals surface area contributed by atoms with Gasteiger partial charge in [0.2, 0.25) is 8.87 Å². The summed E-state index contributed by atoms with van der Waals surface area (Å²) in [4.78, 5) is 19.9. The van der Waals surface area contributed by atoms with Gasteiger partial charge in [0.25, 0.3) is 5.56 Å². The standard InChI is InChI=1S/C20H20N2O3S3/c1-3-12-22-19(23)17-15-6-4-5-7-16(15)26-18(17)21-20(22)27-28(24,25)14-10-8-13(2)9-11-14/h3,8-11H,1,4-7,12H2,2H3. The molecule has 5 nitrogen and oxygen atoms in total. The first-order chi connectivity index (χ1) is 13.4. The largest absolute Gasteiger partial charge is 0.282 e. The Bertz CT molecular complexity index is 1220. The van der Waals surface area contributed by atoms with Gasteiger partial charge < -0.3 is 0 Å². The third kappa shape index (κ3) is 3.44. The number of hydrogen-bond donors (Lipinski definition) is 0. The monoisotopic (exact) mass is 432 g/mol. The minimum Gasteiger partial charge on any atom is -0.282 e. The Labute approximate surface area is 171 Å². The SMILES string of the molecule is C=CCn1c(SS(=O)(=O)c2ccc(C)cc2)nc2sc3c(c2c1=O)CCCC3. The Balaban J connectivity index is 1.86. The van der Waals surface area contributed by atoms with Crippen LogP contribution in [0.3, 0.4) is 0 Å². The van der Waals surface area contributed by atoms with E-state index in [0.717, 1.165) is 36.8 Å². The second-order valence-electron chi connectivity index (χ2n) is 6.84. The normalized spacial score (nSPS) is 14.2. The van der Waals surface area contributed by atoms with Gasteiger partial charge in [-0.15, -0.1) is 17.9 Å². The van der Waals surface area contributed by atoms with E-state index in [2.05, 4.69) is 11.6 Å². The predicted octanol–water partition coefficient (Wildman–Crippen LogP) is 4.31. The van der Waals surface area contributed by atoms with Crippen LogP contribution in [0.15, 0.2) is 51.8 Å². The molecule has 2 aromatic heterocycles. The van der Waals surface area contributed by atoms with Gasteiger partial charge in [-0.05, 0) is 50.3 Å². The van der Waals surface area contributed by atoms with Gasteiger partial charge in [-0.25, -0.2) is 13.4 Å². The maximum atomic E-state index is 13.2. The molecule has 0 N–H and O–H groups in total. The van der Waals surface area contributed by atoms with E-state index >= 15 is 0 Å². The molecular weight excluding hydrogens is 412 g/mol. The van der Waals surface area contributed by atoms with E-state index in [1.54, 1.807) is 30.3 Å². The minimum absolute atomic E-state index is 0.175. The highest BCUT2D eigenvalue weighted by Gasteiger charge is 2.25. The van der Waals surface area contributed by atoms with E-state index < -0.39 is 8.87 Å². The summed E-state index contributed by atoms with van der Waals surface area (Å²) >= 11 is 1.52. The molecule has 28 heavy (non-hydrogen) atoms. The molecule has 0 aliphatic heterocycles. The molecule has 4 rings (SSSR count). The molecule has 1 aromatic carbocycles. The molecule has 8 heteroatoms. The summed E-state index contributed by atoms with van der Waals surface area (Å²) in [6.45, 7) is 5.84. The van der Waals surface area contributed by atoms with Gasteiger partial charge in [0.15, 0.2) is 5.16 Å². The van der Waals surface area contributed by atoms with Crippen molar-refractivity contribution in [2.24, 2.45) is 0 Å². The van der Waals surface area contributed by atoms with Gasteiger partial charge >= 0.3 is 0 Å². The highest BCUT2D eigenvalue weighted by Crippen LogP contribution is 2.36. The van der Waals surface area contributed by atoms with Crippen molar-refractivity contribution in [3.63, 3.8) is 0 Å². The number of nitrogens with zero attached hydrogens (tertiary/aromatic N) is 2. The van der Waals surface area contributed by atoms with Crippen LogP contribution >= 0.6 is 22.1 Å². The fourth-order valence-corrected chi connectivity index (χ4v) is 7.46. The summed E-state index contributed by atoms with van der Waals surface area (Å²) in [5, 5.41) is 0.843. The molecule has 146 valence electrons. The molecule has 0 unspecified atom stereocenters. The molecular formula is C20H20N2O3S3. The summed E-state index contributed by atoms with van der Waals surface area (Å²) in [7, 11) is -3.06. The van der Waals surface area contributed by atoms with Crippen molar-refractivity contribution in [2.75, 3.05) is 0 Å². The Morgan fingerprint density at radius 2 is 1.96 bits per heavy atom. The summed E-state index contributed by atoms with van der Waals surface area (Å²) in [6, 6.07) is 6.68. The van der Waals surface area contributed by atoms with E-state index in [4.69, 9.17) is 0 Å². The van der Waals surface area contributed by atoms with Crippen molar-refractivity contribution in [2.45, 2.75) is 49.2 Å². The van der Waals surface area contributed by atoms with Gasteiger partial charge in [-0.1, -0.05) is 23.8 Å². The van der Waals surface area contributed by atoms with E-state index in [1.165, 1.54) is 20.8 Å². The van der Waals surface area contributed by atoms with Crippen molar-refractivity contribution in [1.82, 2.24) is 9.55 Å². The number of fused-ring (bicyclic) bond motifs is 3. The Hall–Kier alpha value is -1.90. The quantitative estimate of drug-likeness (QED) is 0.341. The van der Waals surface area contributed by atoms with Crippen LogP contribution in [-0.2, 0) is 28.3 Å². The fourth-order valence-electron chi connectivity index (χ4n) is 3.42. The molecule has 0 radical (unpaired) electrons. The second-order valence-corrected chi connectivity index (χ2v) is 11.7. The number of allylic oxidation sites excluding steroid dienone is 1. The third-order valence-electron chi connectivity index (χ3n) is 4.85. The lowest BCUT2D eigenvalue weighted by molar-refractivity contribution is 0.609. The molecule has 0 fully saturated rings. The average Bonchev–Trinajstić information content (AvgIpc) is 3.03. The zero-order chi connectivity index (χ0) is 19.9. The van der Waals surface area contributed by atoms with E-state index in [0.29, 0.717) is 21.0 Å². The number of aromatic nitrogens is 2. The third-order valence-corrected chi connectivity index (χ3v) is 9.24. The molecule has 0 amide bonds. The summed E-state index contributed by atoms with van der Waals surface area (Å²) in [6.07, 6.45) is 5.62. The maximum Gasteiger partial charge on any atom is 0.263 e. The molecule has 3 aromatic rings. The first-order valence-electron chi connectivity index (χ1n) is 9.08. The van der Waals surface area contributed by atoms with Gasteiger partial charge in [0.05, 0.1) is 10.3 Å².